The minimum atomic E-state index is -0.860. The molecule has 1 aliphatic rings. The Morgan fingerprint density at radius 3 is 3.05 bits per heavy atom. The normalized spacial score (nSPS) is 13.3. The number of halogens is 1. The van der Waals surface area contributed by atoms with E-state index in [-0.39, 0.29) is 6.54 Å². The van der Waals surface area contributed by atoms with Gasteiger partial charge in [0.15, 0.2) is 0 Å². The second kappa shape index (κ2) is 6.92. The molecule has 0 amide bonds. The number of carboxylic acids is 1. The first kappa shape index (κ1) is 15.1. The molecule has 0 unspecified atom stereocenters. The summed E-state index contributed by atoms with van der Waals surface area (Å²) in [6, 6.07) is 3.75. The van der Waals surface area contributed by atoms with Crippen LogP contribution in [0.2, 0.25) is 5.02 Å². The van der Waals surface area contributed by atoms with Gasteiger partial charge in [0.25, 0.3) is 0 Å². The van der Waals surface area contributed by atoms with E-state index in [4.69, 9.17) is 26.2 Å². The Labute approximate surface area is 123 Å². The summed E-state index contributed by atoms with van der Waals surface area (Å²) in [6.07, 6.45) is 0.847. The minimum absolute atomic E-state index is 0.0371. The Balaban J connectivity index is 2.15. The topological polar surface area (TPSA) is 59.0 Å². The molecule has 110 valence electrons. The molecule has 0 radical (unpaired) electrons. The molecule has 0 spiro atoms. The highest BCUT2D eigenvalue weighted by molar-refractivity contribution is 6.30. The van der Waals surface area contributed by atoms with E-state index >= 15 is 0 Å². The number of carboxylic acid groups (broad SMARTS) is 1. The summed E-state index contributed by atoms with van der Waals surface area (Å²) in [6.45, 7) is 2.13. The Morgan fingerprint density at radius 2 is 2.35 bits per heavy atom. The molecule has 2 rings (SSSR count). The predicted molar refractivity (Wildman–Crippen MR) is 75.4 cm³/mol. The van der Waals surface area contributed by atoms with E-state index in [1.807, 2.05) is 12.1 Å². The van der Waals surface area contributed by atoms with E-state index in [1.54, 1.807) is 12.0 Å². The molecular weight excluding hydrogens is 282 g/mol. The SMILES string of the molecule is COCCN(CC(=O)O)Cc1cc(Cl)cc2c1OCC2. The van der Waals surface area contributed by atoms with Gasteiger partial charge in [0.2, 0.25) is 0 Å². The first-order chi connectivity index (χ1) is 9.60. The molecule has 1 aromatic carbocycles. The number of rotatable bonds is 7. The molecule has 1 N–H and O–H groups in total. The smallest absolute Gasteiger partial charge is 0.317 e. The van der Waals surface area contributed by atoms with E-state index in [9.17, 15) is 4.79 Å². The zero-order valence-corrected chi connectivity index (χ0v) is 12.2. The van der Waals surface area contributed by atoms with Crippen molar-refractivity contribution in [3.63, 3.8) is 0 Å². The van der Waals surface area contributed by atoms with E-state index in [2.05, 4.69) is 0 Å². The van der Waals surface area contributed by atoms with Crippen LogP contribution in [0.1, 0.15) is 11.1 Å². The van der Waals surface area contributed by atoms with Crippen molar-refractivity contribution >= 4 is 17.6 Å². The second-order valence-corrected chi connectivity index (χ2v) is 5.19. The lowest BCUT2D eigenvalue weighted by Crippen LogP contribution is -2.32. The number of nitrogens with zero attached hydrogens (tertiary/aromatic N) is 1. The van der Waals surface area contributed by atoms with Gasteiger partial charge < -0.3 is 14.6 Å². The van der Waals surface area contributed by atoms with Crippen molar-refractivity contribution in [1.29, 1.82) is 0 Å². The van der Waals surface area contributed by atoms with Gasteiger partial charge in [-0.25, -0.2) is 0 Å². The lowest BCUT2D eigenvalue weighted by atomic mass is 10.1. The Hall–Kier alpha value is -1.30. The van der Waals surface area contributed by atoms with Crippen LogP contribution in [0.5, 0.6) is 5.75 Å². The average Bonchev–Trinajstić information content (AvgIpc) is 2.83. The minimum Gasteiger partial charge on any atom is -0.493 e. The highest BCUT2D eigenvalue weighted by atomic mass is 35.5. The molecule has 0 aromatic heterocycles. The summed E-state index contributed by atoms with van der Waals surface area (Å²) < 4.78 is 10.6. The lowest BCUT2D eigenvalue weighted by molar-refractivity contribution is -0.138. The van der Waals surface area contributed by atoms with Crippen molar-refractivity contribution in [2.45, 2.75) is 13.0 Å². The molecule has 0 bridgehead atoms. The van der Waals surface area contributed by atoms with E-state index < -0.39 is 5.97 Å². The maximum atomic E-state index is 10.9. The van der Waals surface area contributed by atoms with E-state index in [1.165, 1.54) is 0 Å². The summed E-state index contributed by atoms with van der Waals surface area (Å²) >= 11 is 6.11. The van der Waals surface area contributed by atoms with Crippen molar-refractivity contribution in [3.05, 3.63) is 28.3 Å². The van der Waals surface area contributed by atoms with Crippen molar-refractivity contribution < 1.29 is 19.4 Å². The fraction of sp³-hybridized carbons (Fsp3) is 0.500. The first-order valence-electron chi connectivity index (χ1n) is 6.47. The summed E-state index contributed by atoms with van der Waals surface area (Å²) in [5, 5.41) is 9.63. The molecule has 6 heteroatoms. The fourth-order valence-electron chi connectivity index (χ4n) is 2.33. The third-order valence-electron chi connectivity index (χ3n) is 3.19. The number of ether oxygens (including phenoxy) is 2. The quantitative estimate of drug-likeness (QED) is 0.832. The molecule has 0 saturated heterocycles. The Kier molecular flexibility index (Phi) is 5.23. The van der Waals surface area contributed by atoms with E-state index in [0.29, 0.717) is 31.3 Å². The predicted octanol–water partition coefficient (Wildman–Crippen LogP) is 1.81. The zero-order chi connectivity index (χ0) is 14.5. The van der Waals surface area contributed by atoms with Gasteiger partial charge >= 0.3 is 5.97 Å². The first-order valence-corrected chi connectivity index (χ1v) is 6.85. The molecule has 0 aliphatic carbocycles. The van der Waals surface area contributed by atoms with Crippen LogP contribution in [0.25, 0.3) is 0 Å². The van der Waals surface area contributed by atoms with Gasteiger partial charge in [0.05, 0.1) is 19.8 Å². The van der Waals surface area contributed by atoms with Crippen molar-refractivity contribution in [2.75, 3.05) is 33.4 Å². The van der Waals surface area contributed by atoms with Crippen LogP contribution in [0.4, 0.5) is 0 Å². The maximum absolute atomic E-state index is 10.9. The number of aliphatic carboxylic acids is 1. The summed E-state index contributed by atoms with van der Waals surface area (Å²) in [5.41, 5.74) is 2.02. The van der Waals surface area contributed by atoms with Gasteiger partial charge in [-0.05, 0) is 17.7 Å². The second-order valence-electron chi connectivity index (χ2n) is 4.75. The van der Waals surface area contributed by atoms with Crippen molar-refractivity contribution in [1.82, 2.24) is 4.90 Å². The fourth-order valence-corrected chi connectivity index (χ4v) is 2.59. The van der Waals surface area contributed by atoms with Crippen LogP contribution in [0.3, 0.4) is 0 Å². The van der Waals surface area contributed by atoms with Crippen LogP contribution in [0, 0.1) is 0 Å². The van der Waals surface area contributed by atoms with Gasteiger partial charge in [0, 0.05) is 37.2 Å². The molecule has 1 heterocycles. The summed E-state index contributed by atoms with van der Waals surface area (Å²) in [4.78, 5) is 12.7. The van der Waals surface area contributed by atoms with Gasteiger partial charge in [-0.15, -0.1) is 0 Å². The molecule has 1 aliphatic heterocycles. The molecule has 20 heavy (non-hydrogen) atoms. The number of benzene rings is 1. The zero-order valence-electron chi connectivity index (χ0n) is 11.4. The number of hydrogen-bond donors (Lipinski definition) is 1. The van der Waals surface area contributed by atoms with Crippen molar-refractivity contribution in [2.24, 2.45) is 0 Å². The summed E-state index contributed by atoms with van der Waals surface area (Å²) in [5.74, 6) is -0.0112. The van der Waals surface area contributed by atoms with Crippen LogP contribution in [-0.4, -0.2) is 49.4 Å². The average molecular weight is 300 g/mol. The van der Waals surface area contributed by atoms with Gasteiger partial charge in [-0.3, -0.25) is 9.69 Å². The van der Waals surface area contributed by atoms with Crippen LogP contribution >= 0.6 is 11.6 Å². The number of carbonyl (C=O) groups is 1. The number of methoxy groups -OCH3 is 1. The highest BCUT2D eigenvalue weighted by Crippen LogP contribution is 2.33. The Bertz CT molecular complexity index is 492. The molecule has 0 saturated carbocycles. The molecule has 5 nitrogen and oxygen atoms in total. The third kappa shape index (κ3) is 3.85. The number of hydrogen-bond acceptors (Lipinski definition) is 4. The van der Waals surface area contributed by atoms with Crippen LogP contribution in [-0.2, 0) is 22.5 Å². The lowest BCUT2D eigenvalue weighted by Gasteiger charge is -2.21. The third-order valence-corrected chi connectivity index (χ3v) is 3.41. The standard InChI is InChI=1S/C14H18ClNO4/c1-19-5-3-16(9-13(17)18)8-11-7-12(15)6-10-2-4-20-14(10)11/h6-7H,2-5,8-9H2,1H3,(H,17,18). The van der Waals surface area contributed by atoms with Crippen molar-refractivity contribution in [3.8, 4) is 5.75 Å². The van der Waals surface area contributed by atoms with Crippen LogP contribution < -0.4 is 4.74 Å². The van der Waals surface area contributed by atoms with E-state index in [0.717, 1.165) is 23.3 Å². The highest BCUT2D eigenvalue weighted by Gasteiger charge is 2.20. The Morgan fingerprint density at radius 1 is 1.55 bits per heavy atom. The van der Waals surface area contributed by atoms with Crippen LogP contribution in [0.15, 0.2) is 12.1 Å². The molecular formula is C14H18ClNO4. The van der Waals surface area contributed by atoms with Gasteiger partial charge in [0.1, 0.15) is 5.75 Å². The molecule has 0 atom stereocenters. The largest absolute Gasteiger partial charge is 0.493 e. The van der Waals surface area contributed by atoms with Gasteiger partial charge in [-0.2, -0.15) is 0 Å². The monoisotopic (exact) mass is 299 g/mol. The molecule has 0 fully saturated rings. The van der Waals surface area contributed by atoms with Gasteiger partial charge in [-0.1, -0.05) is 11.6 Å². The maximum Gasteiger partial charge on any atom is 0.317 e. The summed E-state index contributed by atoms with van der Waals surface area (Å²) in [7, 11) is 1.60. The molecule has 1 aromatic rings. The number of fused-ring (bicyclic) bond motifs is 1.